The minimum atomic E-state index is -0.482. The van der Waals surface area contributed by atoms with Gasteiger partial charge in [-0.15, -0.1) is 0 Å². The van der Waals surface area contributed by atoms with Gasteiger partial charge in [0.25, 0.3) is 0 Å². The Labute approximate surface area is 117 Å². The molecule has 0 saturated heterocycles. The van der Waals surface area contributed by atoms with Crippen molar-refractivity contribution in [1.29, 1.82) is 0 Å². The highest BCUT2D eigenvalue weighted by Crippen LogP contribution is 2.24. The average molecular weight is 333 g/mol. The molecule has 18 heavy (non-hydrogen) atoms. The Balaban J connectivity index is 2.11. The maximum atomic E-state index is 13.4. The van der Waals surface area contributed by atoms with E-state index in [2.05, 4.69) is 21.2 Å². The second kappa shape index (κ2) is 5.67. The van der Waals surface area contributed by atoms with Gasteiger partial charge in [0.1, 0.15) is 11.6 Å². The topological polar surface area (TPSA) is 12.0 Å². The third kappa shape index (κ3) is 3.21. The van der Waals surface area contributed by atoms with Crippen LogP contribution in [0.15, 0.2) is 40.9 Å². The summed E-state index contributed by atoms with van der Waals surface area (Å²) in [6, 6.07) is 8.68. The van der Waals surface area contributed by atoms with Crippen molar-refractivity contribution in [3.8, 4) is 0 Å². The molecule has 2 aromatic rings. The number of benzene rings is 2. The molecule has 94 valence electrons. The highest BCUT2D eigenvalue weighted by molar-refractivity contribution is 9.10. The number of hydrogen-bond donors (Lipinski definition) is 1. The van der Waals surface area contributed by atoms with Crippen LogP contribution in [-0.2, 0) is 6.54 Å². The molecule has 0 bridgehead atoms. The third-order valence-electron chi connectivity index (χ3n) is 2.40. The lowest BCUT2D eigenvalue weighted by molar-refractivity contribution is 0.602. The van der Waals surface area contributed by atoms with Gasteiger partial charge in [-0.05, 0) is 51.8 Å². The van der Waals surface area contributed by atoms with Crippen molar-refractivity contribution in [3.05, 3.63) is 63.1 Å². The molecule has 5 heteroatoms. The highest BCUT2D eigenvalue weighted by atomic mass is 79.9. The molecule has 0 saturated carbocycles. The maximum Gasteiger partial charge on any atom is 0.146 e. The van der Waals surface area contributed by atoms with E-state index in [4.69, 9.17) is 11.6 Å². The van der Waals surface area contributed by atoms with Gasteiger partial charge in [-0.1, -0.05) is 17.7 Å². The zero-order valence-electron chi connectivity index (χ0n) is 9.18. The summed E-state index contributed by atoms with van der Waals surface area (Å²) in [6.45, 7) is 0.385. The van der Waals surface area contributed by atoms with E-state index in [1.807, 2.05) is 12.1 Å². The van der Waals surface area contributed by atoms with Crippen LogP contribution >= 0.6 is 27.5 Å². The van der Waals surface area contributed by atoms with Gasteiger partial charge < -0.3 is 5.32 Å². The molecule has 0 aliphatic carbocycles. The fourth-order valence-corrected chi connectivity index (χ4v) is 2.02. The summed E-state index contributed by atoms with van der Waals surface area (Å²) >= 11 is 9.17. The molecule has 0 radical (unpaired) electrons. The van der Waals surface area contributed by atoms with Crippen molar-refractivity contribution >= 4 is 33.2 Å². The van der Waals surface area contributed by atoms with Crippen LogP contribution in [0.4, 0.5) is 14.5 Å². The van der Waals surface area contributed by atoms with Gasteiger partial charge in [-0.2, -0.15) is 0 Å². The fraction of sp³-hybridized carbons (Fsp3) is 0.0769. The molecule has 1 nitrogen and oxygen atoms in total. The lowest BCUT2D eigenvalue weighted by atomic mass is 10.2. The molecule has 0 heterocycles. The van der Waals surface area contributed by atoms with Crippen molar-refractivity contribution in [3.63, 3.8) is 0 Å². The summed E-state index contributed by atoms with van der Waals surface area (Å²) in [7, 11) is 0. The van der Waals surface area contributed by atoms with E-state index < -0.39 is 11.6 Å². The van der Waals surface area contributed by atoms with Crippen LogP contribution in [-0.4, -0.2) is 0 Å². The molecule has 0 fully saturated rings. The molecule has 1 N–H and O–H groups in total. The van der Waals surface area contributed by atoms with E-state index in [-0.39, 0.29) is 5.69 Å². The summed E-state index contributed by atoms with van der Waals surface area (Å²) in [4.78, 5) is 0. The second-order valence-corrected chi connectivity index (χ2v) is 4.99. The van der Waals surface area contributed by atoms with Gasteiger partial charge >= 0.3 is 0 Å². The molecule has 0 spiro atoms. The van der Waals surface area contributed by atoms with Gasteiger partial charge in [-0.3, -0.25) is 0 Å². The molecular weight excluding hydrogens is 324 g/mol. The lowest BCUT2D eigenvalue weighted by Gasteiger charge is -2.08. The molecule has 0 amide bonds. The zero-order valence-corrected chi connectivity index (χ0v) is 11.5. The number of halogens is 4. The smallest absolute Gasteiger partial charge is 0.146 e. The SMILES string of the molecule is Fc1ccc(F)c(NCc2ccc(Cl)c(Br)c2)c1. The van der Waals surface area contributed by atoms with Crippen LogP contribution in [0.2, 0.25) is 5.02 Å². The van der Waals surface area contributed by atoms with Crippen LogP contribution in [0.1, 0.15) is 5.56 Å². The molecule has 0 aliphatic heterocycles. The molecule has 0 unspecified atom stereocenters. The van der Waals surface area contributed by atoms with Gasteiger partial charge in [0.15, 0.2) is 0 Å². The predicted molar refractivity (Wildman–Crippen MR) is 72.8 cm³/mol. The standard InChI is InChI=1S/C13H9BrClF2N/c14-10-5-8(1-3-11(10)15)7-18-13-6-9(16)2-4-12(13)17/h1-6,18H,7H2. The van der Waals surface area contributed by atoms with Gasteiger partial charge in [0.2, 0.25) is 0 Å². The summed E-state index contributed by atoms with van der Waals surface area (Å²) in [5.41, 5.74) is 1.05. The fourth-order valence-electron chi connectivity index (χ4n) is 1.48. The first-order valence-electron chi connectivity index (χ1n) is 5.19. The minimum Gasteiger partial charge on any atom is -0.379 e. The quantitative estimate of drug-likeness (QED) is 0.834. The third-order valence-corrected chi connectivity index (χ3v) is 3.61. The Hall–Kier alpha value is -1.13. The monoisotopic (exact) mass is 331 g/mol. The first-order valence-corrected chi connectivity index (χ1v) is 6.36. The van der Waals surface area contributed by atoms with E-state index in [0.717, 1.165) is 28.2 Å². The van der Waals surface area contributed by atoms with Crippen LogP contribution in [0.3, 0.4) is 0 Å². The Morgan fingerprint density at radius 3 is 2.61 bits per heavy atom. The number of nitrogens with one attached hydrogen (secondary N) is 1. The van der Waals surface area contributed by atoms with E-state index in [1.54, 1.807) is 6.07 Å². The largest absolute Gasteiger partial charge is 0.379 e. The van der Waals surface area contributed by atoms with Crippen LogP contribution in [0.5, 0.6) is 0 Å². The first kappa shape index (κ1) is 13.3. The van der Waals surface area contributed by atoms with Crippen molar-refractivity contribution in [2.24, 2.45) is 0 Å². The van der Waals surface area contributed by atoms with Crippen LogP contribution in [0, 0.1) is 11.6 Å². The molecule has 2 aromatic carbocycles. The van der Waals surface area contributed by atoms with Crippen molar-refractivity contribution in [1.82, 2.24) is 0 Å². The minimum absolute atomic E-state index is 0.140. The summed E-state index contributed by atoms with van der Waals surface area (Å²) in [5, 5.41) is 3.44. The number of hydrogen-bond acceptors (Lipinski definition) is 1. The first-order chi connectivity index (χ1) is 8.56. The lowest BCUT2D eigenvalue weighted by Crippen LogP contribution is -2.02. The number of anilines is 1. The van der Waals surface area contributed by atoms with Gasteiger partial charge in [0, 0.05) is 11.0 Å². The molecule has 0 aliphatic rings. The molecular formula is C13H9BrClF2N. The Morgan fingerprint density at radius 1 is 1.11 bits per heavy atom. The van der Waals surface area contributed by atoms with Gasteiger partial charge in [-0.25, -0.2) is 8.78 Å². The van der Waals surface area contributed by atoms with Gasteiger partial charge in [0.05, 0.1) is 10.7 Å². The van der Waals surface area contributed by atoms with E-state index in [1.165, 1.54) is 0 Å². The highest BCUT2D eigenvalue weighted by Gasteiger charge is 2.04. The summed E-state index contributed by atoms with van der Waals surface area (Å²) < 4.78 is 27.1. The van der Waals surface area contributed by atoms with Crippen molar-refractivity contribution in [2.45, 2.75) is 6.54 Å². The number of rotatable bonds is 3. The zero-order chi connectivity index (χ0) is 13.1. The van der Waals surface area contributed by atoms with E-state index >= 15 is 0 Å². The van der Waals surface area contributed by atoms with E-state index in [0.29, 0.717) is 11.6 Å². The molecule has 2 rings (SSSR count). The Bertz CT molecular complexity index is 575. The maximum absolute atomic E-state index is 13.4. The van der Waals surface area contributed by atoms with E-state index in [9.17, 15) is 8.78 Å². The van der Waals surface area contributed by atoms with Crippen molar-refractivity contribution < 1.29 is 8.78 Å². The van der Waals surface area contributed by atoms with Crippen molar-refractivity contribution in [2.75, 3.05) is 5.32 Å². The summed E-state index contributed by atoms with van der Waals surface area (Å²) in [6.07, 6.45) is 0. The average Bonchev–Trinajstić information content (AvgIpc) is 2.34. The molecule has 0 atom stereocenters. The van der Waals surface area contributed by atoms with Crippen LogP contribution in [0.25, 0.3) is 0 Å². The molecule has 0 aromatic heterocycles. The Morgan fingerprint density at radius 2 is 1.89 bits per heavy atom. The predicted octanol–water partition coefficient (Wildman–Crippen LogP) is 4.99. The second-order valence-electron chi connectivity index (χ2n) is 3.73. The Kier molecular flexibility index (Phi) is 4.19. The normalized spacial score (nSPS) is 10.4. The summed E-state index contributed by atoms with van der Waals surface area (Å²) in [5.74, 6) is -0.958. The van der Waals surface area contributed by atoms with Crippen LogP contribution < -0.4 is 5.32 Å².